The van der Waals surface area contributed by atoms with E-state index in [2.05, 4.69) is 21.8 Å². The number of fused-ring (bicyclic) bond motifs is 1. The zero-order valence-corrected chi connectivity index (χ0v) is 14.9. The van der Waals surface area contributed by atoms with Crippen molar-refractivity contribution < 1.29 is 8.42 Å². The first-order valence-corrected chi connectivity index (χ1v) is 9.71. The molecule has 1 aliphatic heterocycles. The van der Waals surface area contributed by atoms with Gasteiger partial charge in [0.15, 0.2) is 0 Å². The van der Waals surface area contributed by atoms with Gasteiger partial charge in [0.1, 0.15) is 5.82 Å². The highest BCUT2D eigenvalue weighted by molar-refractivity contribution is 7.90. The summed E-state index contributed by atoms with van der Waals surface area (Å²) in [5.74, 6) is 0.854. The van der Waals surface area contributed by atoms with Crippen molar-refractivity contribution in [2.75, 3.05) is 38.1 Å². The maximum atomic E-state index is 13.0. The van der Waals surface area contributed by atoms with Gasteiger partial charge in [-0.05, 0) is 31.3 Å². The number of rotatable bonds is 3. The van der Waals surface area contributed by atoms with E-state index in [9.17, 15) is 8.42 Å². The number of hydrogen-bond acceptors (Lipinski definition) is 5. The Hall–Kier alpha value is -2.38. The van der Waals surface area contributed by atoms with Crippen LogP contribution in [0.5, 0.6) is 0 Å². The van der Waals surface area contributed by atoms with E-state index in [4.69, 9.17) is 0 Å². The SMILES string of the molecule is CN1CCN(c2nccc3c2ccn3S(=O)(=O)c2ccccc2)CC1. The molecule has 0 bridgehead atoms. The van der Waals surface area contributed by atoms with Crippen LogP contribution in [0.2, 0.25) is 0 Å². The molecule has 1 aromatic carbocycles. The number of likely N-dealkylation sites (N-methyl/N-ethyl adjacent to an activating group) is 1. The second-order valence-electron chi connectivity index (χ2n) is 6.29. The zero-order chi connectivity index (χ0) is 17.4. The van der Waals surface area contributed by atoms with Gasteiger partial charge in [0.2, 0.25) is 0 Å². The highest BCUT2D eigenvalue weighted by Crippen LogP contribution is 2.28. The topological polar surface area (TPSA) is 58.4 Å². The van der Waals surface area contributed by atoms with Crippen LogP contribution in [0.3, 0.4) is 0 Å². The van der Waals surface area contributed by atoms with Crippen molar-refractivity contribution in [2.24, 2.45) is 0 Å². The molecule has 0 atom stereocenters. The Bertz CT molecular complexity index is 990. The number of nitrogens with zero attached hydrogens (tertiary/aromatic N) is 4. The third-order valence-corrected chi connectivity index (χ3v) is 6.37. The van der Waals surface area contributed by atoms with Crippen LogP contribution in [-0.2, 0) is 10.0 Å². The van der Waals surface area contributed by atoms with Gasteiger partial charge < -0.3 is 9.80 Å². The lowest BCUT2D eigenvalue weighted by Crippen LogP contribution is -2.44. The van der Waals surface area contributed by atoms with Gasteiger partial charge in [0.25, 0.3) is 10.0 Å². The van der Waals surface area contributed by atoms with Gasteiger partial charge in [-0.1, -0.05) is 18.2 Å². The van der Waals surface area contributed by atoms with Crippen molar-refractivity contribution in [3.63, 3.8) is 0 Å². The van der Waals surface area contributed by atoms with E-state index >= 15 is 0 Å². The second-order valence-corrected chi connectivity index (χ2v) is 8.10. The summed E-state index contributed by atoms with van der Waals surface area (Å²) in [5.41, 5.74) is 0.660. The van der Waals surface area contributed by atoms with E-state index in [0.29, 0.717) is 5.52 Å². The van der Waals surface area contributed by atoms with E-state index in [0.717, 1.165) is 37.4 Å². The van der Waals surface area contributed by atoms with Crippen LogP contribution in [0.25, 0.3) is 10.9 Å². The Labute approximate surface area is 147 Å². The molecule has 1 aliphatic rings. The molecule has 0 aliphatic carbocycles. The number of benzene rings is 1. The fourth-order valence-corrected chi connectivity index (χ4v) is 4.58. The Balaban J connectivity index is 1.80. The zero-order valence-electron chi connectivity index (χ0n) is 14.0. The van der Waals surface area contributed by atoms with Gasteiger partial charge in [0.05, 0.1) is 10.4 Å². The molecule has 130 valence electrons. The van der Waals surface area contributed by atoms with Crippen LogP contribution in [0.1, 0.15) is 0 Å². The molecule has 0 amide bonds. The Morgan fingerprint density at radius 1 is 0.960 bits per heavy atom. The van der Waals surface area contributed by atoms with Crippen molar-refractivity contribution in [2.45, 2.75) is 4.90 Å². The quantitative estimate of drug-likeness (QED) is 0.719. The minimum atomic E-state index is -3.62. The average molecular weight is 356 g/mol. The fourth-order valence-electron chi connectivity index (χ4n) is 3.21. The van der Waals surface area contributed by atoms with Gasteiger partial charge in [-0.3, -0.25) is 0 Å². The molecule has 1 fully saturated rings. The first kappa shape index (κ1) is 16.1. The summed E-state index contributed by atoms with van der Waals surface area (Å²) in [6.07, 6.45) is 3.31. The van der Waals surface area contributed by atoms with Crippen molar-refractivity contribution in [1.82, 2.24) is 13.9 Å². The highest BCUT2D eigenvalue weighted by Gasteiger charge is 2.22. The Morgan fingerprint density at radius 2 is 1.68 bits per heavy atom. The van der Waals surface area contributed by atoms with Crippen LogP contribution >= 0.6 is 0 Å². The standard InChI is InChI=1S/C18H20N4O2S/c1-20-11-13-21(14-12-20)18-16-8-10-22(17(16)7-9-19-18)25(23,24)15-5-3-2-4-6-15/h2-10H,11-14H2,1H3. The minimum Gasteiger partial charge on any atom is -0.353 e. The monoisotopic (exact) mass is 356 g/mol. The minimum absolute atomic E-state index is 0.283. The fraction of sp³-hybridized carbons (Fsp3) is 0.278. The lowest BCUT2D eigenvalue weighted by atomic mass is 10.2. The largest absolute Gasteiger partial charge is 0.353 e. The molecule has 4 rings (SSSR count). The predicted octanol–water partition coefficient (Wildman–Crippen LogP) is 2.03. The Kier molecular flexibility index (Phi) is 3.97. The van der Waals surface area contributed by atoms with E-state index < -0.39 is 10.0 Å². The smallest absolute Gasteiger partial charge is 0.268 e. The number of piperazine rings is 1. The van der Waals surface area contributed by atoms with Gasteiger partial charge in [-0.25, -0.2) is 17.4 Å². The van der Waals surface area contributed by atoms with Gasteiger partial charge in [-0.2, -0.15) is 0 Å². The molecule has 0 radical (unpaired) electrons. The van der Waals surface area contributed by atoms with Gasteiger partial charge in [-0.15, -0.1) is 0 Å². The molecule has 25 heavy (non-hydrogen) atoms. The van der Waals surface area contributed by atoms with Crippen LogP contribution in [0.4, 0.5) is 5.82 Å². The first-order chi connectivity index (χ1) is 12.1. The molecule has 3 heterocycles. The molecular weight excluding hydrogens is 336 g/mol. The normalized spacial score (nSPS) is 16.4. The average Bonchev–Trinajstić information content (AvgIpc) is 3.08. The molecule has 0 N–H and O–H groups in total. The maximum absolute atomic E-state index is 13.0. The van der Waals surface area contributed by atoms with Crippen molar-refractivity contribution in [1.29, 1.82) is 0 Å². The Morgan fingerprint density at radius 3 is 2.40 bits per heavy atom. The molecule has 3 aromatic rings. The van der Waals surface area contributed by atoms with Gasteiger partial charge >= 0.3 is 0 Å². The molecule has 1 saturated heterocycles. The van der Waals surface area contributed by atoms with Crippen molar-refractivity contribution in [3.8, 4) is 0 Å². The summed E-state index contributed by atoms with van der Waals surface area (Å²) >= 11 is 0. The number of aromatic nitrogens is 2. The van der Waals surface area contributed by atoms with E-state index in [1.807, 2.05) is 12.1 Å². The van der Waals surface area contributed by atoms with Gasteiger partial charge in [0, 0.05) is 44.0 Å². The molecule has 2 aromatic heterocycles. The molecule has 7 heteroatoms. The highest BCUT2D eigenvalue weighted by atomic mass is 32.2. The maximum Gasteiger partial charge on any atom is 0.268 e. The molecule has 6 nitrogen and oxygen atoms in total. The third-order valence-electron chi connectivity index (χ3n) is 4.66. The third kappa shape index (κ3) is 2.79. The van der Waals surface area contributed by atoms with E-state index in [1.54, 1.807) is 42.7 Å². The van der Waals surface area contributed by atoms with Crippen LogP contribution < -0.4 is 4.90 Å². The lowest BCUT2D eigenvalue weighted by molar-refractivity contribution is 0.312. The van der Waals surface area contributed by atoms with Crippen LogP contribution in [0.15, 0.2) is 59.8 Å². The summed E-state index contributed by atoms with van der Waals surface area (Å²) in [4.78, 5) is 9.31. The van der Waals surface area contributed by atoms with E-state index in [1.165, 1.54) is 3.97 Å². The number of pyridine rings is 1. The summed E-state index contributed by atoms with van der Waals surface area (Å²) in [7, 11) is -1.51. The molecule has 0 saturated carbocycles. The predicted molar refractivity (Wildman–Crippen MR) is 98.5 cm³/mol. The summed E-state index contributed by atoms with van der Waals surface area (Å²) in [6, 6.07) is 12.1. The number of hydrogen-bond donors (Lipinski definition) is 0. The molecule has 0 spiro atoms. The second kappa shape index (κ2) is 6.16. The summed E-state index contributed by atoms with van der Waals surface area (Å²) in [5, 5.41) is 0.867. The molecular formula is C18H20N4O2S. The lowest BCUT2D eigenvalue weighted by Gasteiger charge is -2.33. The van der Waals surface area contributed by atoms with E-state index in [-0.39, 0.29) is 4.90 Å². The van der Waals surface area contributed by atoms with Crippen molar-refractivity contribution >= 4 is 26.7 Å². The molecule has 0 unspecified atom stereocenters. The first-order valence-electron chi connectivity index (χ1n) is 8.27. The number of anilines is 1. The van der Waals surface area contributed by atoms with Crippen LogP contribution in [-0.4, -0.2) is 55.5 Å². The van der Waals surface area contributed by atoms with Crippen molar-refractivity contribution in [3.05, 3.63) is 54.9 Å². The summed E-state index contributed by atoms with van der Waals surface area (Å²) in [6.45, 7) is 3.72. The van der Waals surface area contributed by atoms with Crippen LogP contribution in [0, 0.1) is 0 Å². The summed E-state index contributed by atoms with van der Waals surface area (Å²) < 4.78 is 27.3.